The van der Waals surface area contributed by atoms with Crippen LogP contribution < -0.4 is 5.46 Å². The summed E-state index contributed by atoms with van der Waals surface area (Å²) in [4.78, 5) is 22.7. The van der Waals surface area contributed by atoms with E-state index < -0.39 is 24.3 Å². The molecule has 0 saturated carbocycles. The average molecular weight is 308 g/mol. The molecule has 22 heavy (non-hydrogen) atoms. The lowest BCUT2D eigenvalue weighted by Crippen LogP contribution is -2.53. The van der Waals surface area contributed by atoms with Crippen molar-refractivity contribution in [2.24, 2.45) is 0 Å². The van der Waals surface area contributed by atoms with Crippen molar-refractivity contribution in [2.45, 2.75) is 38.9 Å². The maximum atomic E-state index is 11.6. The zero-order chi connectivity index (χ0) is 17.1. The largest absolute Gasteiger partial charge is 0.492 e. The van der Waals surface area contributed by atoms with E-state index >= 15 is 0 Å². The van der Waals surface area contributed by atoms with E-state index in [9.17, 15) is 19.7 Å². The number of hydrogen-bond donors (Lipinski definition) is 2. The molecule has 0 saturated heterocycles. The quantitative estimate of drug-likeness (QED) is 0.453. The van der Waals surface area contributed by atoms with E-state index in [4.69, 9.17) is 4.65 Å². The molecule has 0 fully saturated rings. The number of benzene rings is 1. The summed E-state index contributed by atoms with van der Waals surface area (Å²) in [5, 5.41) is 20.3. The Labute approximate surface area is 130 Å². The number of carbonyl (C=O) groups is 2. The van der Waals surface area contributed by atoms with E-state index in [0.717, 1.165) is 0 Å². The molecule has 1 rings (SSSR count). The van der Waals surface area contributed by atoms with Gasteiger partial charge in [-0.15, -0.1) is 0 Å². The van der Waals surface area contributed by atoms with E-state index in [1.165, 1.54) is 25.3 Å². The third-order valence-corrected chi connectivity index (χ3v) is 3.78. The Morgan fingerprint density at radius 2 is 1.86 bits per heavy atom. The Morgan fingerprint density at radius 1 is 1.27 bits per heavy atom. The summed E-state index contributed by atoms with van der Waals surface area (Å²) in [5.41, 5.74) is -1.81. The molecule has 0 amide bonds. The Kier molecular flexibility index (Phi) is 5.51. The highest BCUT2D eigenvalue weighted by atomic mass is 16.5. The van der Waals surface area contributed by atoms with Crippen LogP contribution in [0.3, 0.4) is 0 Å². The predicted molar refractivity (Wildman–Crippen MR) is 82.2 cm³/mol. The summed E-state index contributed by atoms with van der Waals surface area (Å²) in [5.74, 6) is -0.590. The Hall–Kier alpha value is -1.70. The number of carbonyl (C=O) groups excluding carboxylic acids is 2. The van der Waals surface area contributed by atoms with Gasteiger partial charge in [-0.3, -0.25) is 4.79 Å². The molecule has 0 aliphatic heterocycles. The SMILES string of the molecule is COC(=O)c1ccc(C=O)c(B(O)OC(C)(C)C(C)(C)O)c1. The predicted octanol–water partition coefficient (Wildman–Crippen LogP) is 0.539. The second-order valence-electron chi connectivity index (χ2n) is 5.99. The zero-order valence-electron chi connectivity index (χ0n) is 13.4. The summed E-state index contributed by atoms with van der Waals surface area (Å²) in [6, 6.07) is 4.16. The van der Waals surface area contributed by atoms with Gasteiger partial charge in [0.05, 0.1) is 23.9 Å². The Morgan fingerprint density at radius 3 is 2.32 bits per heavy atom. The lowest BCUT2D eigenvalue weighted by atomic mass is 9.73. The zero-order valence-corrected chi connectivity index (χ0v) is 13.4. The van der Waals surface area contributed by atoms with Crippen LogP contribution in [0.25, 0.3) is 0 Å². The van der Waals surface area contributed by atoms with E-state index in [-0.39, 0.29) is 16.6 Å². The second-order valence-corrected chi connectivity index (χ2v) is 5.99. The average Bonchev–Trinajstić information content (AvgIpc) is 2.43. The van der Waals surface area contributed by atoms with Crippen molar-refractivity contribution in [1.82, 2.24) is 0 Å². The monoisotopic (exact) mass is 308 g/mol. The number of rotatable bonds is 6. The van der Waals surface area contributed by atoms with Crippen LogP contribution in [0, 0.1) is 0 Å². The number of ether oxygens (including phenoxy) is 1. The van der Waals surface area contributed by atoms with Gasteiger partial charge in [-0.2, -0.15) is 0 Å². The van der Waals surface area contributed by atoms with Gasteiger partial charge in [-0.25, -0.2) is 4.79 Å². The van der Waals surface area contributed by atoms with Gasteiger partial charge in [-0.05, 0) is 45.3 Å². The molecule has 0 radical (unpaired) electrons. The lowest BCUT2D eigenvalue weighted by molar-refractivity contribution is -0.0982. The molecule has 7 heteroatoms. The van der Waals surface area contributed by atoms with E-state index in [2.05, 4.69) is 4.74 Å². The maximum Gasteiger partial charge on any atom is 0.492 e. The first-order chi connectivity index (χ1) is 10.0. The topological polar surface area (TPSA) is 93.1 Å². The smallest absolute Gasteiger partial charge is 0.465 e. The minimum atomic E-state index is -1.48. The molecule has 0 bridgehead atoms. The molecule has 6 nitrogen and oxygen atoms in total. The van der Waals surface area contributed by atoms with Gasteiger partial charge in [0.2, 0.25) is 0 Å². The normalized spacial score (nSPS) is 12.0. The van der Waals surface area contributed by atoms with Crippen LogP contribution in [-0.2, 0) is 9.39 Å². The molecular weight excluding hydrogens is 287 g/mol. The van der Waals surface area contributed by atoms with Gasteiger partial charge in [0.1, 0.15) is 6.29 Å². The fraction of sp³-hybridized carbons (Fsp3) is 0.467. The van der Waals surface area contributed by atoms with Gasteiger partial charge >= 0.3 is 13.1 Å². The molecule has 0 aromatic heterocycles. The van der Waals surface area contributed by atoms with Crippen molar-refractivity contribution >= 4 is 24.8 Å². The van der Waals surface area contributed by atoms with Gasteiger partial charge in [-0.1, -0.05) is 6.07 Å². The summed E-state index contributed by atoms with van der Waals surface area (Å²) >= 11 is 0. The minimum absolute atomic E-state index is 0.134. The van der Waals surface area contributed by atoms with Crippen LogP contribution >= 0.6 is 0 Å². The molecule has 1 aromatic rings. The molecule has 0 heterocycles. The molecular formula is C15H21BO6. The van der Waals surface area contributed by atoms with E-state index in [1.54, 1.807) is 27.7 Å². The summed E-state index contributed by atoms with van der Waals surface area (Å²) < 4.78 is 10.1. The van der Waals surface area contributed by atoms with Crippen molar-refractivity contribution in [3.63, 3.8) is 0 Å². The van der Waals surface area contributed by atoms with Crippen molar-refractivity contribution in [1.29, 1.82) is 0 Å². The number of aliphatic hydroxyl groups is 1. The number of methoxy groups -OCH3 is 1. The Bertz CT molecular complexity index is 562. The third kappa shape index (κ3) is 3.94. The summed E-state index contributed by atoms with van der Waals surface area (Å²) in [6.45, 7) is 6.32. The Balaban J connectivity index is 3.18. The lowest BCUT2D eigenvalue weighted by Gasteiger charge is -2.38. The van der Waals surface area contributed by atoms with Crippen molar-refractivity contribution in [2.75, 3.05) is 7.11 Å². The number of aldehydes is 1. The second kappa shape index (κ2) is 6.60. The van der Waals surface area contributed by atoms with Crippen LogP contribution in [-0.4, -0.2) is 47.8 Å². The fourth-order valence-electron chi connectivity index (χ4n) is 1.63. The third-order valence-electron chi connectivity index (χ3n) is 3.78. The highest BCUT2D eigenvalue weighted by Crippen LogP contribution is 2.25. The molecule has 0 atom stereocenters. The minimum Gasteiger partial charge on any atom is -0.465 e. The van der Waals surface area contributed by atoms with Gasteiger partial charge in [0.25, 0.3) is 0 Å². The summed E-state index contributed by atoms with van der Waals surface area (Å²) in [7, 11) is -0.244. The molecule has 1 aromatic carbocycles. The van der Waals surface area contributed by atoms with Gasteiger partial charge < -0.3 is 19.5 Å². The highest BCUT2D eigenvalue weighted by Gasteiger charge is 2.40. The van der Waals surface area contributed by atoms with Crippen molar-refractivity contribution in [3.8, 4) is 0 Å². The van der Waals surface area contributed by atoms with E-state index in [0.29, 0.717) is 6.29 Å². The van der Waals surface area contributed by atoms with Crippen LogP contribution in [0.5, 0.6) is 0 Å². The fourth-order valence-corrected chi connectivity index (χ4v) is 1.63. The molecule has 0 unspecified atom stereocenters. The standard InChI is InChI=1S/C15H21BO6/c1-14(2,19)15(3,4)22-16(20)12-8-10(13(18)21-5)6-7-11(12)9-17/h6-9,19-20H,1-5H3. The first kappa shape index (κ1) is 18.4. The number of esters is 1. The van der Waals surface area contributed by atoms with Crippen LogP contribution in [0.4, 0.5) is 0 Å². The molecule has 0 aliphatic rings. The molecule has 120 valence electrons. The summed E-state index contributed by atoms with van der Waals surface area (Å²) in [6.07, 6.45) is 0.556. The molecule has 0 aliphatic carbocycles. The number of hydrogen-bond acceptors (Lipinski definition) is 6. The highest BCUT2D eigenvalue weighted by molar-refractivity contribution is 6.61. The van der Waals surface area contributed by atoms with Crippen LogP contribution in [0.1, 0.15) is 48.4 Å². The molecule has 2 N–H and O–H groups in total. The maximum absolute atomic E-state index is 11.6. The first-order valence-electron chi connectivity index (χ1n) is 6.79. The first-order valence-corrected chi connectivity index (χ1v) is 6.79. The van der Waals surface area contributed by atoms with Crippen molar-refractivity contribution in [3.05, 3.63) is 29.3 Å². The van der Waals surface area contributed by atoms with Crippen LogP contribution in [0.15, 0.2) is 18.2 Å². The van der Waals surface area contributed by atoms with Crippen LogP contribution in [0.2, 0.25) is 0 Å². The van der Waals surface area contributed by atoms with Gasteiger partial charge in [0, 0.05) is 5.56 Å². The van der Waals surface area contributed by atoms with Gasteiger partial charge in [0.15, 0.2) is 0 Å². The van der Waals surface area contributed by atoms with Crippen molar-refractivity contribution < 1.29 is 29.1 Å². The van der Waals surface area contributed by atoms with E-state index in [1.807, 2.05) is 0 Å². The molecule has 0 spiro atoms.